The zero-order valence-electron chi connectivity index (χ0n) is 8.18. The fourth-order valence-electron chi connectivity index (χ4n) is 1.60. The van der Waals surface area contributed by atoms with Crippen molar-refractivity contribution in [3.8, 4) is 0 Å². The molecule has 1 aromatic rings. The van der Waals surface area contributed by atoms with Gasteiger partial charge in [-0.1, -0.05) is 35.4 Å². The minimum Gasteiger partial charge on any atom is -0.345 e. The predicted molar refractivity (Wildman–Crippen MR) is 58.5 cm³/mol. The smallest absolute Gasteiger partial charge is 0.150 e. The van der Waals surface area contributed by atoms with Gasteiger partial charge < -0.3 is 4.98 Å². The van der Waals surface area contributed by atoms with Crippen LogP contribution in [0.5, 0.6) is 0 Å². The van der Waals surface area contributed by atoms with Gasteiger partial charge in [-0.25, -0.2) is 4.98 Å². The van der Waals surface area contributed by atoms with Gasteiger partial charge in [-0.3, -0.25) is 0 Å². The highest BCUT2D eigenvalue weighted by Crippen LogP contribution is 2.18. The zero-order chi connectivity index (χ0) is 9.97. The van der Waals surface area contributed by atoms with E-state index in [0.717, 1.165) is 30.8 Å². The van der Waals surface area contributed by atoms with Crippen LogP contribution in [0, 0.1) is 6.92 Å². The zero-order valence-corrected chi connectivity index (χ0v) is 8.93. The van der Waals surface area contributed by atoms with Crippen molar-refractivity contribution in [1.29, 1.82) is 0 Å². The van der Waals surface area contributed by atoms with Crippen LogP contribution in [-0.4, -0.2) is 9.97 Å². The number of allylic oxidation sites excluding steroid dienone is 4. The highest BCUT2D eigenvalue weighted by Gasteiger charge is 2.07. The van der Waals surface area contributed by atoms with Crippen LogP contribution in [0.1, 0.15) is 24.4 Å². The first-order valence-corrected chi connectivity index (χ1v) is 5.19. The van der Waals surface area contributed by atoms with Crippen molar-refractivity contribution in [2.45, 2.75) is 26.2 Å². The van der Waals surface area contributed by atoms with Crippen LogP contribution in [0.2, 0.25) is 5.15 Å². The summed E-state index contributed by atoms with van der Waals surface area (Å²) in [5.74, 6) is 0.967. The Morgan fingerprint density at radius 2 is 2.43 bits per heavy atom. The van der Waals surface area contributed by atoms with Gasteiger partial charge >= 0.3 is 0 Å². The SMILES string of the molecule is Cc1[nH]c(CC2=CC=CCC2)nc1Cl. The van der Waals surface area contributed by atoms with Crippen molar-refractivity contribution in [2.24, 2.45) is 0 Å². The predicted octanol–water partition coefficient (Wildman–Crippen LogP) is 3.19. The Morgan fingerprint density at radius 1 is 1.57 bits per heavy atom. The van der Waals surface area contributed by atoms with E-state index in [9.17, 15) is 0 Å². The molecule has 0 saturated heterocycles. The summed E-state index contributed by atoms with van der Waals surface area (Å²) in [5, 5.41) is 0.590. The molecule has 74 valence electrons. The second-order valence-electron chi connectivity index (χ2n) is 3.57. The molecule has 0 fully saturated rings. The Hall–Kier alpha value is -1.02. The van der Waals surface area contributed by atoms with Crippen molar-refractivity contribution in [3.63, 3.8) is 0 Å². The standard InChI is InChI=1S/C11H13ClN2/c1-8-11(12)14-10(13-8)7-9-5-3-2-4-6-9/h2-3,5H,4,6-7H2,1H3,(H,13,14). The molecule has 0 amide bonds. The summed E-state index contributed by atoms with van der Waals surface area (Å²) >= 11 is 5.87. The molecule has 1 aliphatic carbocycles. The molecule has 1 N–H and O–H groups in total. The quantitative estimate of drug-likeness (QED) is 0.795. The van der Waals surface area contributed by atoms with Crippen molar-refractivity contribution >= 4 is 11.6 Å². The highest BCUT2D eigenvalue weighted by molar-refractivity contribution is 6.30. The van der Waals surface area contributed by atoms with Gasteiger partial charge in [-0.15, -0.1) is 0 Å². The lowest BCUT2D eigenvalue weighted by Gasteiger charge is -2.06. The first-order valence-electron chi connectivity index (χ1n) is 4.81. The molecule has 2 nitrogen and oxygen atoms in total. The maximum atomic E-state index is 5.87. The Labute approximate surface area is 88.7 Å². The number of nitrogens with one attached hydrogen (secondary N) is 1. The number of hydrogen-bond acceptors (Lipinski definition) is 1. The summed E-state index contributed by atoms with van der Waals surface area (Å²) < 4.78 is 0. The van der Waals surface area contributed by atoms with E-state index in [2.05, 4.69) is 28.2 Å². The largest absolute Gasteiger partial charge is 0.345 e. The molecule has 0 spiro atoms. The van der Waals surface area contributed by atoms with E-state index in [1.54, 1.807) is 0 Å². The Bertz CT molecular complexity index is 368. The molecule has 3 heteroatoms. The van der Waals surface area contributed by atoms with Crippen LogP contribution in [0.15, 0.2) is 23.8 Å². The van der Waals surface area contributed by atoms with Crippen molar-refractivity contribution in [3.05, 3.63) is 40.5 Å². The van der Waals surface area contributed by atoms with Crippen molar-refractivity contribution < 1.29 is 0 Å². The van der Waals surface area contributed by atoms with Crippen LogP contribution in [-0.2, 0) is 6.42 Å². The lowest BCUT2D eigenvalue weighted by Crippen LogP contribution is -1.95. The molecule has 1 aliphatic rings. The van der Waals surface area contributed by atoms with Gasteiger partial charge in [0, 0.05) is 6.42 Å². The number of H-pyrrole nitrogens is 1. The van der Waals surface area contributed by atoms with Gasteiger partial charge in [0.2, 0.25) is 0 Å². The number of hydrogen-bond donors (Lipinski definition) is 1. The van der Waals surface area contributed by atoms with E-state index in [1.807, 2.05) is 6.92 Å². The number of aromatic amines is 1. The molecule has 1 heterocycles. The maximum absolute atomic E-state index is 5.87. The third-order valence-electron chi connectivity index (χ3n) is 2.37. The van der Waals surface area contributed by atoms with Gasteiger partial charge in [-0.05, 0) is 19.8 Å². The molecule has 14 heavy (non-hydrogen) atoms. The van der Waals surface area contributed by atoms with E-state index in [1.165, 1.54) is 5.57 Å². The summed E-state index contributed by atoms with van der Waals surface area (Å²) in [6.45, 7) is 1.94. The molecule has 0 radical (unpaired) electrons. The average molecular weight is 209 g/mol. The van der Waals surface area contributed by atoms with Crippen LogP contribution >= 0.6 is 11.6 Å². The molecular formula is C11H13ClN2. The van der Waals surface area contributed by atoms with Gasteiger partial charge in [-0.2, -0.15) is 0 Å². The fourth-order valence-corrected chi connectivity index (χ4v) is 1.75. The fraction of sp³-hybridized carbons (Fsp3) is 0.364. The molecule has 0 bridgehead atoms. The van der Waals surface area contributed by atoms with Gasteiger partial charge in [0.25, 0.3) is 0 Å². The maximum Gasteiger partial charge on any atom is 0.150 e. The molecule has 0 saturated carbocycles. The lowest BCUT2D eigenvalue weighted by molar-refractivity contribution is 0.876. The van der Waals surface area contributed by atoms with E-state index < -0.39 is 0 Å². The number of imidazole rings is 1. The number of nitrogens with zero attached hydrogens (tertiary/aromatic N) is 1. The molecular weight excluding hydrogens is 196 g/mol. The van der Waals surface area contributed by atoms with Gasteiger partial charge in [0.05, 0.1) is 5.69 Å². The molecule has 1 aromatic heterocycles. The van der Waals surface area contributed by atoms with E-state index in [-0.39, 0.29) is 0 Å². The Kier molecular flexibility index (Phi) is 2.73. The van der Waals surface area contributed by atoms with E-state index in [4.69, 9.17) is 11.6 Å². The average Bonchev–Trinajstić information content (AvgIpc) is 2.47. The molecule has 0 atom stereocenters. The summed E-state index contributed by atoms with van der Waals surface area (Å²) in [5.41, 5.74) is 2.37. The third kappa shape index (κ3) is 2.07. The van der Waals surface area contributed by atoms with Gasteiger partial charge in [0.15, 0.2) is 0 Å². The molecule has 0 unspecified atom stereocenters. The second kappa shape index (κ2) is 4.01. The summed E-state index contributed by atoms with van der Waals surface area (Å²) in [4.78, 5) is 7.43. The monoisotopic (exact) mass is 208 g/mol. The number of aromatic nitrogens is 2. The number of aryl methyl sites for hydroxylation is 1. The summed E-state index contributed by atoms with van der Waals surface area (Å²) in [6, 6.07) is 0. The first kappa shape index (κ1) is 9.53. The Balaban J connectivity index is 2.10. The van der Waals surface area contributed by atoms with Gasteiger partial charge in [0.1, 0.15) is 11.0 Å². The number of rotatable bonds is 2. The molecule has 2 rings (SSSR count). The van der Waals surface area contributed by atoms with E-state index >= 15 is 0 Å². The van der Waals surface area contributed by atoms with E-state index in [0.29, 0.717) is 5.15 Å². The molecule has 0 aliphatic heterocycles. The van der Waals surface area contributed by atoms with Crippen molar-refractivity contribution in [1.82, 2.24) is 9.97 Å². The first-order chi connectivity index (χ1) is 6.75. The van der Waals surface area contributed by atoms with Crippen molar-refractivity contribution in [2.75, 3.05) is 0 Å². The van der Waals surface area contributed by atoms with Crippen LogP contribution < -0.4 is 0 Å². The highest BCUT2D eigenvalue weighted by atomic mass is 35.5. The summed E-state index contributed by atoms with van der Waals surface area (Å²) in [6.07, 6.45) is 9.61. The topological polar surface area (TPSA) is 28.7 Å². The normalized spacial score (nSPS) is 15.7. The minimum absolute atomic E-state index is 0.590. The second-order valence-corrected chi connectivity index (χ2v) is 3.93. The third-order valence-corrected chi connectivity index (χ3v) is 2.74. The van der Waals surface area contributed by atoms with Crippen LogP contribution in [0.4, 0.5) is 0 Å². The number of halogens is 1. The Morgan fingerprint density at radius 3 is 3.00 bits per heavy atom. The van der Waals surface area contributed by atoms with Crippen LogP contribution in [0.3, 0.4) is 0 Å². The minimum atomic E-state index is 0.590. The summed E-state index contributed by atoms with van der Waals surface area (Å²) in [7, 11) is 0. The lowest BCUT2D eigenvalue weighted by atomic mass is 10.0. The van der Waals surface area contributed by atoms with Crippen LogP contribution in [0.25, 0.3) is 0 Å². The molecule has 0 aromatic carbocycles.